The van der Waals surface area contributed by atoms with Crippen molar-refractivity contribution in [3.63, 3.8) is 0 Å². The van der Waals surface area contributed by atoms with Gasteiger partial charge < -0.3 is 0 Å². The first kappa shape index (κ1) is 17.5. The number of hydrogen-bond acceptors (Lipinski definition) is 1. The fourth-order valence-corrected chi connectivity index (χ4v) is 4.10. The Morgan fingerprint density at radius 3 is 1.76 bits per heavy atom. The molecule has 1 heterocycles. The minimum Gasteiger partial charge on any atom is -0.135 e. The lowest BCUT2D eigenvalue weighted by Gasteiger charge is -2.03. The third kappa shape index (κ3) is 3.68. The zero-order valence-electron chi connectivity index (χ0n) is 12.9. The Hall–Kier alpha value is -2.35. The highest BCUT2D eigenvalue weighted by atomic mass is 35.5. The van der Waals surface area contributed by atoms with Gasteiger partial charge in [-0.15, -0.1) is 11.3 Å². The molecule has 1 aromatic heterocycles. The Kier molecular flexibility index (Phi) is 5.37. The normalized spacial score (nSPS) is 10.3. The van der Waals surface area contributed by atoms with Crippen LogP contribution in [0.1, 0.15) is 7.43 Å². The first-order valence-corrected chi connectivity index (χ1v) is 9.01. The van der Waals surface area contributed by atoms with Gasteiger partial charge in [0.25, 0.3) is 0 Å². The maximum Gasteiger partial charge on any atom is 0.0427 e. The molecule has 0 aliphatic rings. The van der Waals surface area contributed by atoms with E-state index in [0.717, 1.165) is 5.02 Å². The molecule has 3 aromatic carbocycles. The predicted molar refractivity (Wildman–Crippen MR) is 112 cm³/mol. The smallest absolute Gasteiger partial charge is 0.0427 e. The summed E-state index contributed by atoms with van der Waals surface area (Å²) in [4.78, 5) is 2.55. The van der Waals surface area contributed by atoms with Crippen molar-refractivity contribution in [2.24, 2.45) is 0 Å². The molecule has 0 spiro atoms. The molecule has 0 bridgehead atoms. The number of hydrogen-bond donors (Lipinski definition) is 0. The Bertz CT molecular complexity index is 882. The van der Waals surface area contributed by atoms with E-state index in [4.69, 9.17) is 11.6 Å². The van der Waals surface area contributed by atoms with Crippen LogP contribution in [0, 0.1) is 0 Å². The van der Waals surface area contributed by atoms with Crippen molar-refractivity contribution in [2.45, 2.75) is 7.43 Å². The second kappa shape index (κ2) is 7.69. The summed E-state index contributed by atoms with van der Waals surface area (Å²) in [5.41, 5.74) is 4.97. The van der Waals surface area contributed by atoms with Crippen molar-refractivity contribution in [1.82, 2.24) is 0 Å². The summed E-state index contributed by atoms with van der Waals surface area (Å²) in [6, 6.07) is 31.5. The Labute approximate surface area is 158 Å². The Morgan fingerprint density at radius 2 is 1.16 bits per heavy atom. The topological polar surface area (TPSA) is 0 Å². The van der Waals surface area contributed by atoms with Crippen molar-refractivity contribution in [3.05, 3.63) is 96.0 Å². The third-order valence-corrected chi connectivity index (χ3v) is 5.47. The quantitative estimate of drug-likeness (QED) is 0.346. The second-order valence-corrected chi connectivity index (χ2v) is 7.08. The molecule has 0 radical (unpaired) electrons. The fourth-order valence-electron chi connectivity index (χ4n) is 2.78. The molecule has 4 aromatic rings. The standard InChI is InChI=1S/C22H15ClS.CH4/c23-19-13-11-17(12-14-19)21-15-20(16-7-3-1-4-8-16)22(24-21)18-9-5-2-6-10-18;/h1-15H;1H4. The Balaban J connectivity index is 0.00000182. The minimum atomic E-state index is 0. The van der Waals surface area contributed by atoms with Gasteiger partial charge in [-0.3, -0.25) is 0 Å². The van der Waals surface area contributed by atoms with E-state index in [1.165, 1.54) is 32.0 Å². The predicted octanol–water partition coefficient (Wildman–Crippen LogP) is 8.04. The van der Waals surface area contributed by atoms with Crippen molar-refractivity contribution >= 4 is 22.9 Å². The van der Waals surface area contributed by atoms with E-state index in [1.807, 2.05) is 23.5 Å². The van der Waals surface area contributed by atoms with Crippen LogP contribution in [0.2, 0.25) is 5.02 Å². The molecule has 0 aliphatic carbocycles. The summed E-state index contributed by atoms with van der Waals surface area (Å²) < 4.78 is 0. The molecular weight excluding hydrogens is 344 g/mol. The van der Waals surface area contributed by atoms with Gasteiger partial charge in [0.15, 0.2) is 0 Å². The molecule has 0 fully saturated rings. The van der Waals surface area contributed by atoms with Crippen LogP contribution < -0.4 is 0 Å². The van der Waals surface area contributed by atoms with Crippen molar-refractivity contribution in [3.8, 4) is 32.0 Å². The number of thiophene rings is 1. The SMILES string of the molecule is C.Clc1ccc(-c2cc(-c3ccccc3)c(-c3ccccc3)s2)cc1. The zero-order chi connectivity index (χ0) is 16.4. The molecule has 0 aliphatic heterocycles. The molecule has 0 unspecified atom stereocenters. The maximum absolute atomic E-state index is 6.03. The summed E-state index contributed by atoms with van der Waals surface area (Å²) in [5, 5.41) is 0.766. The van der Waals surface area contributed by atoms with Crippen molar-refractivity contribution < 1.29 is 0 Å². The molecule has 0 atom stereocenters. The van der Waals surface area contributed by atoms with E-state index >= 15 is 0 Å². The minimum absolute atomic E-state index is 0. The van der Waals surface area contributed by atoms with E-state index in [2.05, 4.69) is 78.9 Å². The van der Waals surface area contributed by atoms with Crippen LogP contribution >= 0.6 is 22.9 Å². The molecule has 0 saturated carbocycles. The van der Waals surface area contributed by atoms with E-state index in [0.29, 0.717) is 0 Å². The maximum atomic E-state index is 6.03. The van der Waals surface area contributed by atoms with E-state index < -0.39 is 0 Å². The zero-order valence-corrected chi connectivity index (χ0v) is 14.5. The Morgan fingerprint density at radius 1 is 0.600 bits per heavy atom. The van der Waals surface area contributed by atoms with E-state index in [-0.39, 0.29) is 7.43 Å². The van der Waals surface area contributed by atoms with Gasteiger partial charge in [0.1, 0.15) is 0 Å². The molecule has 0 amide bonds. The first-order chi connectivity index (χ1) is 11.8. The molecule has 0 N–H and O–H groups in total. The van der Waals surface area contributed by atoms with Gasteiger partial charge in [-0.05, 0) is 34.9 Å². The van der Waals surface area contributed by atoms with Gasteiger partial charge in [0.05, 0.1) is 0 Å². The van der Waals surface area contributed by atoms with Crippen LogP contribution in [-0.4, -0.2) is 0 Å². The highest BCUT2D eigenvalue weighted by molar-refractivity contribution is 7.19. The highest BCUT2D eigenvalue weighted by Gasteiger charge is 2.13. The van der Waals surface area contributed by atoms with Gasteiger partial charge in [-0.2, -0.15) is 0 Å². The van der Waals surface area contributed by atoms with Crippen LogP contribution in [0.5, 0.6) is 0 Å². The van der Waals surface area contributed by atoms with Gasteiger partial charge in [0, 0.05) is 20.3 Å². The van der Waals surface area contributed by atoms with Crippen LogP contribution in [0.4, 0.5) is 0 Å². The fraction of sp³-hybridized carbons (Fsp3) is 0.0435. The second-order valence-electron chi connectivity index (χ2n) is 5.59. The van der Waals surface area contributed by atoms with Gasteiger partial charge >= 0.3 is 0 Å². The summed E-state index contributed by atoms with van der Waals surface area (Å²) in [5.74, 6) is 0. The average Bonchev–Trinajstić information content (AvgIpc) is 3.09. The molecule has 4 rings (SSSR count). The van der Waals surface area contributed by atoms with Crippen LogP contribution in [0.15, 0.2) is 91.0 Å². The van der Waals surface area contributed by atoms with Gasteiger partial charge in [-0.1, -0.05) is 91.8 Å². The molecule has 25 heavy (non-hydrogen) atoms. The average molecular weight is 363 g/mol. The number of rotatable bonds is 3. The number of benzene rings is 3. The summed E-state index contributed by atoms with van der Waals surface area (Å²) in [6.07, 6.45) is 0. The van der Waals surface area contributed by atoms with Gasteiger partial charge in [0.2, 0.25) is 0 Å². The van der Waals surface area contributed by atoms with Crippen molar-refractivity contribution in [2.75, 3.05) is 0 Å². The lowest BCUT2D eigenvalue weighted by molar-refractivity contribution is 1.64. The van der Waals surface area contributed by atoms with Crippen LogP contribution in [0.3, 0.4) is 0 Å². The molecule has 124 valence electrons. The number of halogens is 1. The van der Waals surface area contributed by atoms with Crippen LogP contribution in [0.25, 0.3) is 32.0 Å². The monoisotopic (exact) mass is 362 g/mol. The van der Waals surface area contributed by atoms with Crippen LogP contribution in [-0.2, 0) is 0 Å². The van der Waals surface area contributed by atoms with E-state index in [9.17, 15) is 0 Å². The lowest BCUT2D eigenvalue weighted by atomic mass is 10.0. The summed E-state index contributed by atoms with van der Waals surface area (Å²) >= 11 is 7.85. The highest BCUT2D eigenvalue weighted by Crippen LogP contribution is 2.43. The summed E-state index contributed by atoms with van der Waals surface area (Å²) in [7, 11) is 0. The van der Waals surface area contributed by atoms with Gasteiger partial charge in [-0.25, -0.2) is 0 Å². The molecule has 0 saturated heterocycles. The molecular formula is C23H19ClS. The largest absolute Gasteiger partial charge is 0.135 e. The summed E-state index contributed by atoms with van der Waals surface area (Å²) in [6.45, 7) is 0. The van der Waals surface area contributed by atoms with E-state index in [1.54, 1.807) is 0 Å². The lowest BCUT2D eigenvalue weighted by Crippen LogP contribution is -1.78. The van der Waals surface area contributed by atoms with Crippen molar-refractivity contribution in [1.29, 1.82) is 0 Å². The molecule has 2 heteroatoms. The molecule has 0 nitrogen and oxygen atoms in total. The third-order valence-electron chi connectivity index (χ3n) is 3.98. The first-order valence-electron chi connectivity index (χ1n) is 7.82.